The normalized spacial score (nSPS) is 19.5. The summed E-state index contributed by atoms with van der Waals surface area (Å²) in [5.74, 6) is 0.410. The lowest BCUT2D eigenvalue weighted by atomic mass is 9.98. The van der Waals surface area contributed by atoms with Crippen LogP contribution in [0.2, 0.25) is 0 Å². The molecule has 8 heteroatoms. The fourth-order valence-electron chi connectivity index (χ4n) is 2.97. The van der Waals surface area contributed by atoms with Crippen LogP contribution in [-0.4, -0.2) is 44.9 Å². The van der Waals surface area contributed by atoms with Crippen LogP contribution in [0.3, 0.4) is 0 Å². The zero-order valence-corrected chi connectivity index (χ0v) is 13.8. The Labute approximate surface area is 135 Å². The molecule has 2 heterocycles. The van der Waals surface area contributed by atoms with Gasteiger partial charge in [-0.2, -0.15) is 4.31 Å². The molecule has 7 nitrogen and oxygen atoms in total. The number of piperidine rings is 1. The molecule has 1 aromatic carbocycles. The third kappa shape index (κ3) is 3.00. The number of hydrogen-bond donors (Lipinski definition) is 1. The summed E-state index contributed by atoms with van der Waals surface area (Å²) in [5, 5.41) is 0. The molecule has 0 spiro atoms. The van der Waals surface area contributed by atoms with Gasteiger partial charge in [0.25, 0.3) is 0 Å². The molecule has 0 aliphatic carbocycles. The van der Waals surface area contributed by atoms with Gasteiger partial charge in [0.15, 0.2) is 11.5 Å². The third-order valence-corrected chi connectivity index (χ3v) is 6.35. The van der Waals surface area contributed by atoms with Gasteiger partial charge in [-0.3, -0.25) is 4.79 Å². The predicted molar refractivity (Wildman–Crippen MR) is 82.8 cm³/mol. The topological polar surface area (TPSA) is 98.9 Å². The van der Waals surface area contributed by atoms with Crippen LogP contribution in [0.15, 0.2) is 17.0 Å². The average molecular weight is 340 g/mol. The van der Waals surface area contributed by atoms with E-state index in [4.69, 9.17) is 15.2 Å². The van der Waals surface area contributed by atoms with Crippen molar-refractivity contribution in [1.29, 1.82) is 0 Å². The van der Waals surface area contributed by atoms with Crippen molar-refractivity contribution in [3.05, 3.63) is 17.7 Å². The van der Waals surface area contributed by atoms with E-state index >= 15 is 0 Å². The summed E-state index contributed by atoms with van der Waals surface area (Å²) in [7, 11) is -3.63. The van der Waals surface area contributed by atoms with Crippen molar-refractivity contribution in [2.45, 2.75) is 24.7 Å². The SMILES string of the molecule is Cc1cc2c(cc1S(=O)(=O)N1CCC(C(N)=O)CC1)OCCO2. The van der Waals surface area contributed by atoms with Gasteiger partial charge in [-0.05, 0) is 31.4 Å². The number of nitrogens with two attached hydrogens (primary N) is 1. The van der Waals surface area contributed by atoms with Crippen LogP contribution in [0, 0.1) is 12.8 Å². The maximum Gasteiger partial charge on any atom is 0.243 e. The minimum atomic E-state index is -3.63. The Morgan fingerprint density at radius 3 is 2.30 bits per heavy atom. The Kier molecular flexibility index (Phi) is 4.20. The van der Waals surface area contributed by atoms with Gasteiger partial charge in [-0.1, -0.05) is 0 Å². The summed E-state index contributed by atoms with van der Waals surface area (Å²) in [6.45, 7) is 3.19. The van der Waals surface area contributed by atoms with Gasteiger partial charge in [-0.25, -0.2) is 8.42 Å². The molecule has 0 saturated carbocycles. The second-order valence-electron chi connectivity index (χ2n) is 5.84. The summed E-state index contributed by atoms with van der Waals surface area (Å²) in [6.07, 6.45) is 0.913. The lowest BCUT2D eigenvalue weighted by Crippen LogP contribution is -2.41. The van der Waals surface area contributed by atoms with Gasteiger partial charge >= 0.3 is 0 Å². The van der Waals surface area contributed by atoms with Crippen LogP contribution in [-0.2, 0) is 14.8 Å². The number of aryl methyl sites for hydroxylation is 1. The van der Waals surface area contributed by atoms with E-state index in [0.29, 0.717) is 56.2 Å². The number of rotatable bonds is 3. The monoisotopic (exact) mass is 340 g/mol. The molecular formula is C15H20N2O5S. The number of ether oxygens (including phenoxy) is 2. The number of nitrogens with zero attached hydrogens (tertiary/aromatic N) is 1. The number of amides is 1. The summed E-state index contributed by atoms with van der Waals surface area (Å²) in [5.41, 5.74) is 5.91. The summed E-state index contributed by atoms with van der Waals surface area (Å²) >= 11 is 0. The highest BCUT2D eigenvalue weighted by Gasteiger charge is 2.33. The molecule has 0 unspecified atom stereocenters. The fraction of sp³-hybridized carbons (Fsp3) is 0.533. The Morgan fingerprint density at radius 1 is 1.17 bits per heavy atom. The van der Waals surface area contributed by atoms with E-state index in [1.807, 2.05) is 0 Å². The van der Waals surface area contributed by atoms with E-state index in [1.54, 1.807) is 13.0 Å². The van der Waals surface area contributed by atoms with Crippen LogP contribution >= 0.6 is 0 Å². The molecular weight excluding hydrogens is 320 g/mol. The van der Waals surface area contributed by atoms with Crippen molar-refractivity contribution >= 4 is 15.9 Å². The number of benzene rings is 1. The molecule has 2 N–H and O–H groups in total. The van der Waals surface area contributed by atoms with E-state index in [1.165, 1.54) is 10.4 Å². The summed E-state index contributed by atoms with van der Waals surface area (Å²) in [6, 6.07) is 3.22. The number of carbonyl (C=O) groups is 1. The van der Waals surface area contributed by atoms with E-state index in [0.717, 1.165) is 0 Å². The van der Waals surface area contributed by atoms with Crippen molar-refractivity contribution < 1.29 is 22.7 Å². The van der Waals surface area contributed by atoms with Crippen molar-refractivity contribution in [2.75, 3.05) is 26.3 Å². The van der Waals surface area contributed by atoms with Gasteiger partial charge in [-0.15, -0.1) is 0 Å². The van der Waals surface area contributed by atoms with Crippen LogP contribution in [0.25, 0.3) is 0 Å². The number of carbonyl (C=O) groups excluding carboxylic acids is 1. The summed E-state index contributed by atoms with van der Waals surface area (Å²) < 4.78 is 38.1. The maximum atomic E-state index is 12.9. The molecule has 1 aromatic rings. The minimum absolute atomic E-state index is 0.222. The number of fused-ring (bicyclic) bond motifs is 1. The fourth-order valence-corrected chi connectivity index (χ4v) is 4.66. The second-order valence-corrected chi connectivity index (χ2v) is 7.75. The van der Waals surface area contributed by atoms with Gasteiger partial charge < -0.3 is 15.2 Å². The first-order chi connectivity index (χ1) is 10.9. The largest absolute Gasteiger partial charge is 0.486 e. The third-order valence-electron chi connectivity index (χ3n) is 4.31. The van der Waals surface area contributed by atoms with Crippen LogP contribution in [0.1, 0.15) is 18.4 Å². The van der Waals surface area contributed by atoms with E-state index in [-0.39, 0.29) is 16.7 Å². The standard InChI is InChI=1S/C15H20N2O5S/c1-10-8-12-13(22-7-6-21-12)9-14(10)23(19,20)17-4-2-11(3-5-17)15(16)18/h8-9,11H,2-7H2,1H3,(H2,16,18). The smallest absolute Gasteiger partial charge is 0.243 e. The molecule has 0 bridgehead atoms. The Bertz CT molecular complexity index is 724. The number of hydrogen-bond acceptors (Lipinski definition) is 5. The molecule has 126 valence electrons. The van der Waals surface area contributed by atoms with Gasteiger partial charge in [0.2, 0.25) is 15.9 Å². The Balaban J connectivity index is 1.87. The van der Waals surface area contributed by atoms with Crippen LogP contribution in [0.4, 0.5) is 0 Å². The van der Waals surface area contributed by atoms with Gasteiger partial charge in [0.05, 0.1) is 4.90 Å². The molecule has 23 heavy (non-hydrogen) atoms. The van der Waals surface area contributed by atoms with E-state index in [9.17, 15) is 13.2 Å². The molecule has 3 rings (SSSR count). The van der Waals surface area contributed by atoms with Crippen molar-refractivity contribution in [2.24, 2.45) is 11.7 Å². The van der Waals surface area contributed by atoms with E-state index in [2.05, 4.69) is 0 Å². The first-order valence-corrected chi connectivity index (χ1v) is 9.03. The van der Waals surface area contributed by atoms with Gasteiger partial charge in [0, 0.05) is 25.1 Å². The van der Waals surface area contributed by atoms with Crippen LogP contribution in [0.5, 0.6) is 11.5 Å². The number of primary amides is 1. The summed E-state index contributed by atoms with van der Waals surface area (Å²) in [4.78, 5) is 11.4. The van der Waals surface area contributed by atoms with Crippen molar-refractivity contribution in [1.82, 2.24) is 4.31 Å². The highest BCUT2D eigenvalue weighted by molar-refractivity contribution is 7.89. The molecule has 2 aliphatic heterocycles. The lowest BCUT2D eigenvalue weighted by Gasteiger charge is -2.30. The lowest BCUT2D eigenvalue weighted by molar-refractivity contribution is -0.122. The molecule has 0 radical (unpaired) electrons. The maximum absolute atomic E-state index is 12.9. The number of sulfonamides is 1. The second kappa shape index (κ2) is 6.01. The first-order valence-electron chi connectivity index (χ1n) is 7.59. The highest BCUT2D eigenvalue weighted by Crippen LogP contribution is 2.36. The van der Waals surface area contributed by atoms with Crippen molar-refractivity contribution in [3.8, 4) is 11.5 Å². The highest BCUT2D eigenvalue weighted by atomic mass is 32.2. The molecule has 2 aliphatic rings. The predicted octanol–water partition coefficient (Wildman–Crippen LogP) is 0.652. The molecule has 0 aromatic heterocycles. The van der Waals surface area contributed by atoms with Gasteiger partial charge in [0.1, 0.15) is 13.2 Å². The zero-order valence-electron chi connectivity index (χ0n) is 12.9. The zero-order chi connectivity index (χ0) is 16.6. The Morgan fingerprint density at radius 2 is 1.74 bits per heavy atom. The van der Waals surface area contributed by atoms with E-state index < -0.39 is 10.0 Å². The van der Waals surface area contributed by atoms with Crippen LogP contribution < -0.4 is 15.2 Å². The molecule has 1 fully saturated rings. The average Bonchev–Trinajstić information content (AvgIpc) is 2.54. The van der Waals surface area contributed by atoms with Crippen molar-refractivity contribution in [3.63, 3.8) is 0 Å². The molecule has 1 amide bonds. The minimum Gasteiger partial charge on any atom is -0.486 e. The molecule has 1 saturated heterocycles. The Hall–Kier alpha value is -1.80. The molecule has 0 atom stereocenters. The first kappa shape index (κ1) is 16.1. The quantitative estimate of drug-likeness (QED) is 0.871.